The van der Waals surface area contributed by atoms with Crippen molar-refractivity contribution in [3.63, 3.8) is 0 Å². The molecule has 1 amide bonds. The maximum absolute atomic E-state index is 14.1. The van der Waals surface area contributed by atoms with Crippen LogP contribution in [0.4, 0.5) is 15.9 Å². The van der Waals surface area contributed by atoms with Crippen LogP contribution in [0.25, 0.3) is 11.1 Å². The second-order valence-corrected chi connectivity index (χ2v) is 7.62. The zero-order chi connectivity index (χ0) is 20.0. The molecule has 29 heavy (non-hydrogen) atoms. The summed E-state index contributed by atoms with van der Waals surface area (Å²) in [5.41, 5.74) is 0.859. The molecule has 150 valence electrons. The van der Waals surface area contributed by atoms with Crippen LogP contribution in [0.2, 0.25) is 0 Å². The first-order valence-corrected chi connectivity index (χ1v) is 9.76. The number of nitrogens with zero attached hydrogens (tertiary/aromatic N) is 4. The zero-order valence-corrected chi connectivity index (χ0v) is 16.0. The highest BCUT2D eigenvalue weighted by atomic mass is 19.1. The van der Waals surface area contributed by atoms with Gasteiger partial charge in [-0.2, -0.15) is 0 Å². The minimum atomic E-state index is -0.556. The molecule has 0 bridgehead atoms. The third-order valence-electron chi connectivity index (χ3n) is 5.25. The maximum Gasteiger partial charge on any atom is 0.275 e. The predicted octanol–water partition coefficient (Wildman–Crippen LogP) is 2.65. The Hall–Kier alpha value is -3.07. The lowest BCUT2D eigenvalue weighted by Crippen LogP contribution is -2.34. The van der Waals surface area contributed by atoms with Crippen LogP contribution in [0.15, 0.2) is 28.9 Å². The highest BCUT2D eigenvalue weighted by molar-refractivity contribution is 6.03. The van der Waals surface area contributed by atoms with E-state index >= 15 is 0 Å². The molecule has 3 aromatic rings. The SMILES string of the molecule is Cc1nc2c(F)cc(NC(=O)c3cnc(N4CCC(NC5CC5)C4)cn3)cc2o1. The number of anilines is 2. The molecule has 0 radical (unpaired) electrons. The number of nitrogens with one attached hydrogen (secondary N) is 2. The number of oxazole rings is 1. The van der Waals surface area contributed by atoms with E-state index in [0.717, 1.165) is 25.3 Å². The number of hydrogen-bond donors (Lipinski definition) is 2. The van der Waals surface area contributed by atoms with Crippen LogP contribution < -0.4 is 15.5 Å². The van der Waals surface area contributed by atoms with Gasteiger partial charge in [-0.05, 0) is 25.3 Å². The standard InChI is InChI=1S/C20H21FN6O2/c1-11-24-19-15(21)6-14(7-17(19)29-11)26-20(28)16-8-23-18(9-22-16)27-5-4-13(10-27)25-12-2-3-12/h6-9,12-13,25H,2-5,10H2,1H3,(H,26,28). The lowest BCUT2D eigenvalue weighted by Gasteiger charge is -2.17. The third-order valence-corrected chi connectivity index (χ3v) is 5.25. The van der Waals surface area contributed by atoms with Gasteiger partial charge in [-0.3, -0.25) is 4.79 Å². The lowest BCUT2D eigenvalue weighted by atomic mass is 10.2. The molecule has 1 saturated heterocycles. The van der Waals surface area contributed by atoms with E-state index in [4.69, 9.17) is 4.42 Å². The molecule has 1 aliphatic carbocycles. The summed E-state index contributed by atoms with van der Waals surface area (Å²) in [6, 6.07) is 3.91. The van der Waals surface area contributed by atoms with E-state index in [0.29, 0.717) is 18.0 Å². The van der Waals surface area contributed by atoms with Crippen molar-refractivity contribution in [3.8, 4) is 0 Å². The molecular formula is C20H21FN6O2. The minimum absolute atomic E-state index is 0.143. The van der Waals surface area contributed by atoms with E-state index in [1.54, 1.807) is 13.1 Å². The van der Waals surface area contributed by atoms with E-state index in [9.17, 15) is 9.18 Å². The van der Waals surface area contributed by atoms with Crippen LogP contribution in [-0.4, -0.2) is 46.0 Å². The van der Waals surface area contributed by atoms with Crippen molar-refractivity contribution in [1.82, 2.24) is 20.3 Å². The Kier molecular flexibility index (Phi) is 4.39. The Labute approximate surface area is 166 Å². The van der Waals surface area contributed by atoms with Gasteiger partial charge in [0.05, 0.1) is 12.4 Å². The number of halogens is 1. The van der Waals surface area contributed by atoms with E-state index < -0.39 is 11.7 Å². The predicted molar refractivity (Wildman–Crippen MR) is 105 cm³/mol. The van der Waals surface area contributed by atoms with Crippen molar-refractivity contribution in [2.75, 3.05) is 23.3 Å². The quantitative estimate of drug-likeness (QED) is 0.684. The molecule has 2 fully saturated rings. The minimum Gasteiger partial charge on any atom is -0.441 e. The first-order chi connectivity index (χ1) is 14.0. The summed E-state index contributed by atoms with van der Waals surface area (Å²) in [7, 11) is 0. The first kappa shape index (κ1) is 18.0. The van der Waals surface area contributed by atoms with Crippen LogP contribution in [-0.2, 0) is 0 Å². The van der Waals surface area contributed by atoms with Gasteiger partial charge in [0, 0.05) is 43.9 Å². The number of benzene rings is 1. The van der Waals surface area contributed by atoms with Crippen LogP contribution in [0.3, 0.4) is 0 Å². The fourth-order valence-electron chi connectivity index (χ4n) is 3.66. The largest absolute Gasteiger partial charge is 0.441 e. The van der Waals surface area contributed by atoms with Crippen LogP contribution in [0, 0.1) is 12.7 Å². The monoisotopic (exact) mass is 396 g/mol. The summed E-state index contributed by atoms with van der Waals surface area (Å²) < 4.78 is 19.5. The number of aryl methyl sites for hydroxylation is 1. The summed E-state index contributed by atoms with van der Waals surface area (Å²) in [4.78, 5) is 27.3. The summed E-state index contributed by atoms with van der Waals surface area (Å²) >= 11 is 0. The van der Waals surface area contributed by atoms with Crippen LogP contribution >= 0.6 is 0 Å². The summed E-state index contributed by atoms with van der Waals surface area (Å²) in [6.07, 6.45) is 6.67. The van der Waals surface area contributed by atoms with Crippen molar-refractivity contribution in [2.24, 2.45) is 0 Å². The number of carbonyl (C=O) groups is 1. The molecule has 3 heterocycles. The molecule has 9 heteroatoms. The molecule has 1 unspecified atom stereocenters. The summed E-state index contributed by atoms with van der Waals surface area (Å²) in [5, 5.41) is 6.26. The van der Waals surface area contributed by atoms with Gasteiger partial charge in [0.25, 0.3) is 5.91 Å². The van der Waals surface area contributed by atoms with Gasteiger partial charge in [0.1, 0.15) is 17.0 Å². The Bertz CT molecular complexity index is 1060. The molecule has 1 atom stereocenters. The Balaban J connectivity index is 1.26. The van der Waals surface area contributed by atoms with Gasteiger partial charge in [0.15, 0.2) is 17.3 Å². The molecule has 1 aromatic carbocycles. The van der Waals surface area contributed by atoms with Gasteiger partial charge in [0.2, 0.25) is 0 Å². The van der Waals surface area contributed by atoms with Gasteiger partial charge in [-0.25, -0.2) is 19.3 Å². The van der Waals surface area contributed by atoms with Crippen LogP contribution in [0.1, 0.15) is 35.6 Å². The maximum atomic E-state index is 14.1. The Morgan fingerprint density at radius 1 is 1.21 bits per heavy atom. The number of amides is 1. The van der Waals surface area contributed by atoms with Crippen molar-refractivity contribution in [3.05, 3.63) is 41.9 Å². The van der Waals surface area contributed by atoms with E-state index in [1.807, 2.05) is 0 Å². The first-order valence-electron chi connectivity index (χ1n) is 9.76. The Morgan fingerprint density at radius 2 is 2.07 bits per heavy atom. The average Bonchev–Trinajstić information content (AvgIpc) is 3.24. The van der Waals surface area contributed by atoms with Gasteiger partial charge < -0.3 is 20.0 Å². The fourth-order valence-corrected chi connectivity index (χ4v) is 3.66. The van der Waals surface area contributed by atoms with E-state index in [2.05, 4.69) is 30.5 Å². The number of hydrogen-bond acceptors (Lipinski definition) is 7. The van der Waals surface area contributed by atoms with Gasteiger partial charge in [-0.15, -0.1) is 0 Å². The third kappa shape index (κ3) is 3.77. The molecule has 1 saturated carbocycles. The highest BCUT2D eigenvalue weighted by Gasteiger charge is 2.29. The average molecular weight is 396 g/mol. The topological polar surface area (TPSA) is 96.2 Å². The molecule has 5 rings (SSSR count). The summed E-state index contributed by atoms with van der Waals surface area (Å²) in [5.74, 6) is 0.0970. The van der Waals surface area contributed by atoms with E-state index in [1.165, 1.54) is 31.2 Å². The fraction of sp³-hybridized carbons (Fsp3) is 0.400. The van der Waals surface area contributed by atoms with Gasteiger partial charge in [-0.1, -0.05) is 0 Å². The molecule has 2 aliphatic rings. The number of rotatable bonds is 5. The lowest BCUT2D eigenvalue weighted by molar-refractivity contribution is 0.102. The second kappa shape index (κ2) is 7.07. The molecule has 2 N–H and O–H groups in total. The number of carbonyl (C=O) groups excluding carboxylic acids is 1. The smallest absolute Gasteiger partial charge is 0.275 e. The van der Waals surface area contributed by atoms with Gasteiger partial charge >= 0.3 is 0 Å². The molecule has 8 nitrogen and oxygen atoms in total. The van der Waals surface area contributed by atoms with Crippen molar-refractivity contribution in [2.45, 2.75) is 38.3 Å². The summed E-state index contributed by atoms with van der Waals surface area (Å²) in [6.45, 7) is 3.45. The second-order valence-electron chi connectivity index (χ2n) is 7.62. The number of fused-ring (bicyclic) bond motifs is 1. The molecule has 0 spiro atoms. The van der Waals surface area contributed by atoms with E-state index in [-0.39, 0.29) is 22.5 Å². The Morgan fingerprint density at radius 3 is 2.83 bits per heavy atom. The van der Waals surface area contributed by atoms with Crippen LogP contribution in [0.5, 0.6) is 0 Å². The molecule has 2 aromatic heterocycles. The van der Waals surface area contributed by atoms with Crippen molar-refractivity contribution in [1.29, 1.82) is 0 Å². The normalized spacial score (nSPS) is 19.1. The zero-order valence-electron chi connectivity index (χ0n) is 16.0. The van der Waals surface area contributed by atoms with Crippen molar-refractivity contribution >= 4 is 28.5 Å². The molecular weight excluding hydrogens is 375 g/mol. The number of aromatic nitrogens is 3. The highest BCUT2D eigenvalue weighted by Crippen LogP contribution is 2.25. The van der Waals surface area contributed by atoms with Crippen molar-refractivity contribution < 1.29 is 13.6 Å². The molecule has 1 aliphatic heterocycles.